The van der Waals surface area contributed by atoms with Crippen LogP contribution in [-0.4, -0.2) is 10.1 Å². The Bertz CT molecular complexity index is 1040. The maximum atomic E-state index is 5.99. The van der Waals surface area contributed by atoms with Crippen LogP contribution in [0, 0.1) is 6.92 Å². The van der Waals surface area contributed by atoms with Gasteiger partial charge in [-0.15, -0.1) is 11.3 Å². The zero-order valence-corrected chi connectivity index (χ0v) is 15.5. The fraction of sp³-hybridized carbons (Fsp3) is 0.143. The van der Waals surface area contributed by atoms with Crippen LogP contribution in [0.1, 0.15) is 29.9 Å². The highest BCUT2D eigenvalue weighted by Crippen LogP contribution is 2.31. The fourth-order valence-electron chi connectivity index (χ4n) is 2.85. The predicted molar refractivity (Wildman–Crippen MR) is 106 cm³/mol. The molecule has 4 rings (SSSR count). The number of nitrogen functional groups attached to an aromatic ring is 1. The molecule has 0 saturated carbocycles. The molecule has 0 saturated heterocycles. The lowest BCUT2D eigenvalue weighted by Crippen LogP contribution is -1.97. The van der Waals surface area contributed by atoms with Gasteiger partial charge in [0.2, 0.25) is 11.7 Å². The molecule has 4 aromatic rings. The Morgan fingerprint density at radius 1 is 1.04 bits per heavy atom. The van der Waals surface area contributed by atoms with Crippen LogP contribution in [0.3, 0.4) is 0 Å². The van der Waals surface area contributed by atoms with Gasteiger partial charge in [-0.3, -0.25) is 0 Å². The number of benzene rings is 2. The normalized spacial score (nSPS) is 12.2. The van der Waals surface area contributed by atoms with E-state index in [0.717, 1.165) is 22.4 Å². The number of hydrogen-bond acceptors (Lipinski definition) is 5. The first-order valence-corrected chi connectivity index (χ1v) is 9.34. The summed E-state index contributed by atoms with van der Waals surface area (Å²) in [5, 5.41) is 6.22. The van der Waals surface area contributed by atoms with E-state index in [-0.39, 0.29) is 5.92 Å². The van der Waals surface area contributed by atoms with Crippen LogP contribution in [0.2, 0.25) is 0 Å². The minimum Gasteiger partial charge on any atom is -0.398 e. The molecule has 2 heterocycles. The Labute approximate surface area is 156 Å². The van der Waals surface area contributed by atoms with Crippen LogP contribution in [-0.2, 0) is 0 Å². The third-order valence-corrected chi connectivity index (χ3v) is 5.46. The van der Waals surface area contributed by atoms with Gasteiger partial charge in [0.1, 0.15) is 0 Å². The van der Waals surface area contributed by atoms with Gasteiger partial charge < -0.3 is 10.3 Å². The van der Waals surface area contributed by atoms with Crippen molar-refractivity contribution in [3.63, 3.8) is 0 Å². The third-order valence-electron chi connectivity index (χ3n) is 4.54. The van der Waals surface area contributed by atoms with Crippen molar-refractivity contribution in [2.24, 2.45) is 0 Å². The van der Waals surface area contributed by atoms with E-state index in [2.05, 4.69) is 58.8 Å². The van der Waals surface area contributed by atoms with E-state index < -0.39 is 0 Å². The van der Waals surface area contributed by atoms with Crippen molar-refractivity contribution in [1.82, 2.24) is 10.1 Å². The molecule has 1 atom stereocenters. The number of thiophene rings is 1. The quantitative estimate of drug-likeness (QED) is 0.487. The lowest BCUT2D eigenvalue weighted by atomic mass is 9.98. The molecular formula is C21H19N3OS. The van der Waals surface area contributed by atoms with Crippen molar-refractivity contribution >= 4 is 17.0 Å². The molecule has 5 heteroatoms. The summed E-state index contributed by atoms with van der Waals surface area (Å²) in [5.74, 6) is 1.18. The molecule has 0 fully saturated rings. The highest BCUT2D eigenvalue weighted by atomic mass is 32.1. The molecule has 0 spiro atoms. The van der Waals surface area contributed by atoms with E-state index >= 15 is 0 Å². The number of anilines is 1. The standard InChI is InChI=1S/C21H19N3OS/c1-13-8-9-17(12-18(13)22)20-23-21(25-24-20)14(2)15-5-3-6-16(11-15)19-7-4-10-26-19/h3-12,14H,22H2,1-2H3. The number of rotatable bonds is 4. The fourth-order valence-corrected chi connectivity index (χ4v) is 3.58. The van der Waals surface area contributed by atoms with Crippen LogP contribution in [0.25, 0.3) is 21.8 Å². The van der Waals surface area contributed by atoms with Gasteiger partial charge in [-0.05, 0) is 54.1 Å². The number of nitrogens with two attached hydrogens (primary N) is 1. The maximum absolute atomic E-state index is 5.99. The number of aromatic nitrogens is 2. The number of aryl methyl sites for hydroxylation is 1. The minimum absolute atomic E-state index is 0.0129. The second kappa shape index (κ2) is 6.77. The highest BCUT2D eigenvalue weighted by molar-refractivity contribution is 7.13. The zero-order valence-electron chi connectivity index (χ0n) is 14.6. The van der Waals surface area contributed by atoms with Gasteiger partial charge in [-0.1, -0.05) is 41.6 Å². The van der Waals surface area contributed by atoms with Crippen molar-refractivity contribution < 1.29 is 4.52 Å². The van der Waals surface area contributed by atoms with Gasteiger partial charge in [0, 0.05) is 16.1 Å². The van der Waals surface area contributed by atoms with Crippen molar-refractivity contribution in [3.8, 4) is 21.8 Å². The molecule has 2 aromatic heterocycles. The SMILES string of the molecule is Cc1ccc(-c2noc(C(C)c3cccc(-c4cccs4)c3)n2)cc1N. The summed E-state index contributed by atoms with van der Waals surface area (Å²) in [5.41, 5.74) is 11.0. The molecule has 0 aliphatic rings. The first-order valence-electron chi connectivity index (χ1n) is 8.46. The maximum Gasteiger partial charge on any atom is 0.234 e. The van der Waals surface area contributed by atoms with Crippen molar-refractivity contribution in [3.05, 3.63) is 77.0 Å². The van der Waals surface area contributed by atoms with Crippen LogP contribution >= 0.6 is 11.3 Å². The molecule has 130 valence electrons. The summed E-state index contributed by atoms with van der Waals surface area (Å²) in [6, 6.07) is 18.5. The Morgan fingerprint density at radius 2 is 1.92 bits per heavy atom. The Hall–Kier alpha value is -2.92. The largest absolute Gasteiger partial charge is 0.398 e. The van der Waals surface area contributed by atoms with Gasteiger partial charge in [-0.25, -0.2) is 0 Å². The van der Waals surface area contributed by atoms with Gasteiger partial charge in [0.25, 0.3) is 0 Å². The Morgan fingerprint density at radius 3 is 2.69 bits per heavy atom. The first-order chi connectivity index (χ1) is 12.6. The van der Waals surface area contributed by atoms with Gasteiger partial charge in [0.05, 0.1) is 5.92 Å². The summed E-state index contributed by atoms with van der Waals surface area (Å²) in [4.78, 5) is 5.84. The van der Waals surface area contributed by atoms with Crippen LogP contribution in [0.4, 0.5) is 5.69 Å². The summed E-state index contributed by atoms with van der Waals surface area (Å²) >= 11 is 1.73. The molecule has 0 bridgehead atoms. The van der Waals surface area contributed by atoms with E-state index in [9.17, 15) is 0 Å². The van der Waals surface area contributed by atoms with E-state index in [1.807, 2.05) is 25.1 Å². The second-order valence-electron chi connectivity index (χ2n) is 6.35. The van der Waals surface area contributed by atoms with Crippen molar-refractivity contribution in [2.75, 3.05) is 5.73 Å². The molecular weight excluding hydrogens is 342 g/mol. The van der Waals surface area contributed by atoms with Crippen LogP contribution in [0.5, 0.6) is 0 Å². The molecule has 4 nitrogen and oxygen atoms in total. The molecule has 2 aromatic carbocycles. The van der Waals surface area contributed by atoms with Crippen molar-refractivity contribution in [2.45, 2.75) is 19.8 Å². The molecule has 26 heavy (non-hydrogen) atoms. The van der Waals surface area contributed by atoms with E-state index in [4.69, 9.17) is 10.3 Å². The average molecular weight is 361 g/mol. The monoisotopic (exact) mass is 361 g/mol. The lowest BCUT2D eigenvalue weighted by Gasteiger charge is -2.08. The van der Waals surface area contributed by atoms with Gasteiger partial charge in [0.15, 0.2) is 0 Å². The Balaban J connectivity index is 1.63. The van der Waals surface area contributed by atoms with E-state index in [1.54, 1.807) is 11.3 Å². The van der Waals surface area contributed by atoms with E-state index in [0.29, 0.717) is 11.7 Å². The van der Waals surface area contributed by atoms with Gasteiger partial charge >= 0.3 is 0 Å². The Kier molecular flexibility index (Phi) is 4.31. The van der Waals surface area contributed by atoms with E-state index in [1.165, 1.54) is 10.4 Å². The molecule has 0 amide bonds. The van der Waals surface area contributed by atoms with Crippen LogP contribution in [0.15, 0.2) is 64.5 Å². The number of hydrogen-bond donors (Lipinski definition) is 1. The second-order valence-corrected chi connectivity index (χ2v) is 7.30. The summed E-state index contributed by atoms with van der Waals surface area (Å²) in [7, 11) is 0. The lowest BCUT2D eigenvalue weighted by molar-refractivity contribution is 0.371. The summed E-state index contributed by atoms with van der Waals surface area (Å²) in [6.45, 7) is 4.05. The zero-order chi connectivity index (χ0) is 18.1. The molecule has 0 aliphatic heterocycles. The van der Waals surface area contributed by atoms with Crippen LogP contribution < -0.4 is 5.73 Å². The van der Waals surface area contributed by atoms with Crippen molar-refractivity contribution in [1.29, 1.82) is 0 Å². The summed E-state index contributed by atoms with van der Waals surface area (Å²) in [6.07, 6.45) is 0. The number of nitrogens with zero attached hydrogens (tertiary/aromatic N) is 2. The topological polar surface area (TPSA) is 64.9 Å². The average Bonchev–Trinajstić information content (AvgIpc) is 3.35. The highest BCUT2D eigenvalue weighted by Gasteiger charge is 2.18. The third kappa shape index (κ3) is 3.13. The smallest absolute Gasteiger partial charge is 0.234 e. The molecule has 2 N–H and O–H groups in total. The molecule has 0 aliphatic carbocycles. The molecule has 1 unspecified atom stereocenters. The molecule has 0 radical (unpaired) electrons. The van der Waals surface area contributed by atoms with Gasteiger partial charge in [-0.2, -0.15) is 4.98 Å². The first kappa shape index (κ1) is 16.5. The predicted octanol–water partition coefficient (Wildman–Crippen LogP) is 5.51. The minimum atomic E-state index is 0.0129. The summed E-state index contributed by atoms with van der Waals surface area (Å²) < 4.78 is 5.54.